The summed E-state index contributed by atoms with van der Waals surface area (Å²) >= 11 is 0. The van der Waals surface area contributed by atoms with Crippen molar-refractivity contribution in [1.82, 2.24) is 5.32 Å². The van der Waals surface area contributed by atoms with E-state index in [-0.39, 0.29) is 11.4 Å². The van der Waals surface area contributed by atoms with Gasteiger partial charge in [-0.1, -0.05) is 36.8 Å². The first-order valence-electron chi connectivity index (χ1n) is 6.56. The predicted octanol–water partition coefficient (Wildman–Crippen LogP) is 2.17. The molecule has 3 nitrogen and oxygen atoms in total. The van der Waals surface area contributed by atoms with E-state index in [1.54, 1.807) is 0 Å². The van der Waals surface area contributed by atoms with Crippen molar-refractivity contribution in [3.8, 4) is 0 Å². The van der Waals surface area contributed by atoms with Crippen molar-refractivity contribution < 1.29 is 4.79 Å². The number of aryl methyl sites for hydroxylation is 1. The summed E-state index contributed by atoms with van der Waals surface area (Å²) in [4.78, 5) is 12.0. The minimum absolute atomic E-state index is 0.0680. The molecule has 0 aliphatic heterocycles. The zero-order chi connectivity index (χ0) is 13.6. The SMILES string of the molecule is CCC(C)(CCN)NC(=O)Cc1cccc(C)c1. The average molecular weight is 248 g/mol. The van der Waals surface area contributed by atoms with Gasteiger partial charge in [0.15, 0.2) is 0 Å². The summed E-state index contributed by atoms with van der Waals surface area (Å²) in [5.74, 6) is 0.0680. The summed E-state index contributed by atoms with van der Waals surface area (Å²) < 4.78 is 0. The fraction of sp³-hybridized carbons (Fsp3) is 0.533. The Kier molecular flexibility index (Phi) is 5.35. The summed E-state index contributed by atoms with van der Waals surface area (Å²) in [6.45, 7) is 6.75. The van der Waals surface area contributed by atoms with Gasteiger partial charge >= 0.3 is 0 Å². The van der Waals surface area contributed by atoms with Gasteiger partial charge in [-0.05, 0) is 38.8 Å². The summed E-state index contributed by atoms with van der Waals surface area (Å²) in [7, 11) is 0. The van der Waals surface area contributed by atoms with Crippen molar-refractivity contribution in [2.75, 3.05) is 6.54 Å². The first-order chi connectivity index (χ1) is 8.49. The molecule has 0 aliphatic carbocycles. The normalized spacial score (nSPS) is 14.0. The smallest absolute Gasteiger partial charge is 0.224 e. The zero-order valence-corrected chi connectivity index (χ0v) is 11.6. The second-order valence-electron chi connectivity index (χ2n) is 5.17. The first-order valence-corrected chi connectivity index (χ1v) is 6.56. The van der Waals surface area contributed by atoms with E-state index in [1.165, 1.54) is 5.56 Å². The van der Waals surface area contributed by atoms with Crippen molar-refractivity contribution in [3.63, 3.8) is 0 Å². The summed E-state index contributed by atoms with van der Waals surface area (Å²) in [5.41, 5.74) is 7.64. The van der Waals surface area contributed by atoms with Crippen molar-refractivity contribution in [2.45, 2.75) is 45.6 Å². The van der Waals surface area contributed by atoms with Crippen molar-refractivity contribution >= 4 is 5.91 Å². The maximum atomic E-state index is 12.0. The number of rotatable bonds is 6. The Bertz CT molecular complexity index is 403. The maximum absolute atomic E-state index is 12.0. The van der Waals surface area contributed by atoms with Crippen LogP contribution < -0.4 is 11.1 Å². The van der Waals surface area contributed by atoms with Gasteiger partial charge in [-0.2, -0.15) is 0 Å². The Morgan fingerprint density at radius 1 is 1.44 bits per heavy atom. The maximum Gasteiger partial charge on any atom is 0.224 e. The highest BCUT2D eigenvalue weighted by Gasteiger charge is 2.23. The number of carbonyl (C=O) groups excluding carboxylic acids is 1. The molecule has 1 aromatic rings. The van der Waals surface area contributed by atoms with Crippen LogP contribution in [0.2, 0.25) is 0 Å². The van der Waals surface area contributed by atoms with E-state index in [0.717, 1.165) is 18.4 Å². The number of hydrogen-bond donors (Lipinski definition) is 2. The molecule has 18 heavy (non-hydrogen) atoms. The average Bonchev–Trinajstić information content (AvgIpc) is 2.29. The largest absolute Gasteiger partial charge is 0.351 e. The van der Waals surface area contributed by atoms with E-state index in [4.69, 9.17) is 5.73 Å². The van der Waals surface area contributed by atoms with Crippen LogP contribution in [0.25, 0.3) is 0 Å². The molecule has 1 aromatic carbocycles. The third-order valence-electron chi connectivity index (χ3n) is 3.36. The van der Waals surface area contributed by atoms with E-state index in [9.17, 15) is 4.79 Å². The van der Waals surface area contributed by atoms with E-state index >= 15 is 0 Å². The molecule has 0 saturated carbocycles. The fourth-order valence-electron chi connectivity index (χ4n) is 2.03. The van der Waals surface area contributed by atoms with E-state index in [1.807, 2.05) is 38.1 Å². The predicted molar refractivity (Wildman–Crippen MR) is 75.4 cm³/mol. The van der Waals surface area contributed by atoms with Crippen LogP contribution in [0.3, 0.4) is 0 Å². The van der Waals surface area contributed by atoms with Crippen LogP contribution in [0.4, 0.5) is 0 Å². The Labute approximate surface area is 110 Å². The van der Waals surface area contributed by atoms with Crippen LogP contribution in [0.1, 0.15) is 37.8 Å². The fourth-order valence-corrected chi connectivity index (χ4v) is 2.03. The number of benzene rings is 1. The quantitative estimate of drug-likeness (QED) is 0.810. The van der Waals surface area contributed by atoms with Crippen LogP contribution in [-0.2, 0) is 11.2 Å². The molecule has 3 heteroatoms. The van der Waals surface area contributed by atoms with Crippen LogP contribution >= 0.6 is 0 Å². The highest BCUT2D eigenvalue weighted by atomic mass is 16.1. The number of carbonyl (C=O) groups is 1. The minimum Gasteiger partial charge on any atom is -0.351 e. The van der Waals surface area contributed by atoms with E-state index in [0.29, 0.717) is 13.0 Å². The van der Waals surface area contributed by atoms with Gasteiger partial charge in [0, 0.05) is 5.54 Å². The van der Waals surface area contributed by atoms with E-state index < -0.39 is 0 Å². The van der Waals surface area contributed by atoms with Gasteiger partial charge < -0.3 is 11.1 Å². The molecule has 1 atom stereocenters. The molecule has 1 rings (SSSR count). The number of nitrogens with one attached hydrogen (secondary N) is 1. The third kappa shape index (κ3) is 4.49. The second-order valence-corrected chi connectivity index (χ2v) is 5.17. The molecule has 0 aromatic heterocycles. The van der Waals surface area contributed by atoms with Crippen molar-refractivity contribution in [2.24, 2.45) is 5.73 Å². The van der Waals surface area contributed by atoms with Crippen LogP contribution in [-0.4, -0.2) is 18.0 Å². The van der Waals surface area contributed by atoms with Crippen molar-refractivity contribution in [3.05, 3.63) is 35.4 Å². The molecule has 0 spiro atoms. The molecule has 1 amide bonds. The molecular formula is C15H24N2O. The molecule has 3 N–H and O–H groups in total. The Morgan fingerprint density at radius 3 is 2.72 bits per heavy atom. The standard InChI is InChI=1S/C15H24N2O/c1-4-15(3,8-9-16)17-14(18)11-13-7-5-6-12(2)10-13/h5-7,10H,4,8-9,11,16H2,1-3H3,(H,17,18). The van der Waals surface area contributed by atoms with Gasteiger partial charge in [-0.25, -0.2) is 0 Å². The lowest BCUT2D eigenvalue weighted by Crippen LogP contribution is -2.47. The molecule has 0 aliphatic rings. The molecular weight excluding hydrogens is 224 g/mol. The van der Waals surface area contributed by atoms with Gasteiger partial charge in [-0.3, -0.25) is 4.79 Å². The van der Waals surface area contributed by atoms with Gasteiger partial charge in [0.1, 0.15) is 0 Å². The molecule has 0 bridgehead atoms. The number of amides is 1. The van der Waals surface area contributed by atoms with Crippen LogP contribution in [0, 0.1) is 6.92 Å². The monoisotopic (exact) mass is 248 g/mol. The zero-order valence-electron chi connectivity index (χ0n) is 11.6. The third-order valence-corrected chi connectivity index (χ3v) is 3.36. The lowest BCUT2D eigenvalue weighted by Gasteiger charge is -2.29. The molecule has 1 unspecified atom stereocenters. The first kappa shape index (κ1) is 14.7. The van der Waals surface area contributed by atoms with Gasteiger partial charge in [-0.15, -0.1) is 0 Å². The lowest BCUT2D eigenvalue weighted by atomic mass is 9.94. The Balaban J connectivity index is 2.61. The van der Waals surface area contributed by atoms with E-state index in [2.05, 4.69) is 12.2 Å². The summed E-state index contributed by atoms with van der Waals surface area (Å²) in [6.07, 6.45) is 2.13. The molecule has 100 valence electrons. The van der Waals surface area contributed by atoms with Gasteiger partial charge in [0.25, 0.3) is 0 Å². The highest BCUT2D eigenvalue weighted by molar-refractivity contribution is 5.79. The molecule has 0 radical (unpaired) electrons. The number of hydrogen-bond acceptors (Lipinski definition) is 2. The molecule has 0 heterocycles. The number of nitrogens with two attached hydrogens (primary N) is 1. The summed E-state index contributed by atoms with van der Waals surface area (Å²) in [5, 5.41) is 3.09. The van der Waals surface area contributed by atoms with Crippen LogP contribution in [0.15, 0.2) is 24.3 Å². The van der Waals surface area contributed by atoms with Gasteiger partial charge in [0.05, 0.1) is 6.42 Å². The highest BCUT2D eigenvalue weighted by Crippen LogP contribution is 2.14. The lowest BCUT2D eigenvalue weighted by molar-refractivity contribution is -0.122. The Hall–Kier alpha value is -1.35. The van der Waals surface area contributed by atoms with Crippen LogP contribution in [0.5, 0.6) is 0 Å². The minimum atomic E-state index is -0.185. The second kappa shape index (κ2) is 6.55. The van der Waals surface area contributed by atoms with Gasteiger partial charge in [0.2, 0.25) is 5.91 Å². The summed E-state index contributed by atoms with van der Waals surface area (Å²) in [6, 6.07) is 8.05. The molecule has 0 fully saturated rings. The van der Waals surface area contributed by atoms with Crippen molar-refractivity contribution in [1.29, 1.82) is 0 Å². The Morgan fingerprint density at radius 2 is 2.17 bits per heavy atom. The molecule has 0 saturated heterocycles. The topological polar surface area (TPSA) is 55.1 Å².